The summed E-state index contributed by atoms with van der Waals surface area (Å²) in [6.45, 7) is 5.68. The summed E-state index contributed by atoms with van der Waals surface area (Å²) in [5, 5.41) is 0. The number of nitrogens with two attached hydrogens (primary N) is 1. The molecular formula is C12H19NO3. The third kappa shape index (κ3) is 3.38. The minimum atomic E-state index is -0.362. The van der Waals surface area contributed by atoms with Crippen LogP contribution in [0, 0.1) is 6.92 Å². The Labute approximate surface area is 95.8 Å². The molecule has 0 saturated heterocycles. The van der Waals surface area contributed by atoms with Gasteiger partial charge in [0.05, 0.1) is 7.11 Å². The molecule has 4 heteroatoms. The van der Waals surface area contributed by atoms with Crippen LogP contribution in [-0.2, 0) is 11.2 Å². The molecule has 0 aromatic carbocycles. The van der Waals surface area contributed by atoms with E-state index in [9.17, 15) is 4.79 Å². The second kappa shape index (κ2) is 4.70. The number of esters is 1. The Morgan fingerprint density at radius 2 is 2.19 bits per heavy atom. The molecule has 4 nitrogen and oxygen atoms in total. The van der Waals surface area contributed by atoms with Crippen molar-refractivity contribution >= 4 is 5.97 Å². The number of carbonyl (C=O) groups excluding carboxylic acids is 1. The Morgan fingerprint density at radius 1 is 1.56 bits per heavy atom. The normalized spacial score (nSPS) is 11.6. The molecule has 0 aliphatic heterocycles. The number of ether oxygens (including phenoxy) is 1. The van der Waals surface area contributed by atoms with Crippen LogP contribution in [0.3, 0.4) is 0 Å². The van der Waals surface area contributed by atoms with Gasteiger partial charge in [0, 0.05) is 12.0 Å². The maximum atomic E-state index is 11.3. The van der Waals surface area contributed by atoms with Crippen LogP contribution >= 0.6 is 0 Å². The number of rotatable bonds is 4. The van der Waals surface area contributed by atoms with Crippen LogP contribution in [0.15, 0.2) is 10.5 Å². The summed E-state index contributed by atoms with van der Waals surface area (Å²) in [6.07, 6.45) is 1.53. The van der Waals surface area contributed by atoms with E-state index in [0.717, 1.165) is 18.6 Å². The van der Waals surface area contributed by atoms with E-state index in [1.165, 1.54) is 7.11 Å². The van der Waals surface area contributed by atoms with Crippen LogP contribution in [0.25, 0.3) is 0 Å². The first kappa shape index (κ1) is 12.8. The Kier molecular flexibility index (Phi) is 3.75. The molecule has 0 aliphatic carbocycles. The molecule has 90 valence electrons. The molecule has 0 atom stereocenters. The highest BCUT2D eigenvalue weighted by Gasteiger charge is 2.17. The van der Waals surface area contributed by atoms with Crippen molar-refractivity contribution in [1.82, 2.24) is 0 Å². The van der Waals surface area contributed by atoms with Gasteiger partial charge in [-0.3, -0.25) is 0 Å². The van der Waals surface area contributed by atoms with Gasteiger partial charge in [0.15, 0.2) is 0 Å². The predicted molar refractivity (Wildman–Crippen MR) is 61.4 cm³/mol. The minimum absolute atomic E-state index is 0.230. The number of methoxy groups -OCH3 is 1. The van der Waals surface area contributed by atoms with Crippen molar-refractivity contribution in [2.75, 3.05) is 7.11 Å². The van der Waals surface area contributed by atoms with Crippen molar-refractivity contribution in [3.05, 3.63) is 23.2 Å². The quantitative estimate of drug-likeness (QED) is 0.796. The van der Waals surface area contributed by atoms with E-state index in [4.69, 9.17) is 10.2 Å². The van der Waals surface area contributed by atoms with Gasteiger partial charge in [-0.05, 0) is 33.3 Å². The summed E-state index contributed by atoms with van der Waals surface area (Å²) >= 11 is 0. The summed E-state index contributed by atoms with van der Waals surface area (Å²) in [5.74, 6) is 1.01. The largest absolute Gasteiger partial charge is 0.465 e. The monoisotopic (exact) mass is 225 g/mol. The first-order chi connectivity index (χ1) is 7.33. The van der Waals surface area contributed by atoms with Gasteiger partial charge < -0.3 is 14.9 Å². The first-order valence-corrected chi connectivity index (χ1v) is 5.30. The molecule has 1 rings (SSSR count). The first-order valence-electron chi connectivity index (χ1n) is 5.30. The van der Waals surface area contributed by atoms with E-state index in [-0.39, 0.29) is 11.5 Å². The van der Waals surface area contributed by atoms with Gasteiger partial charge >= 0.3 is 5.97 Å². The van der Waals surface area contributed by atoms with Gasteiger partial charge in [-0.1, -0.05) is 0 Å². The number of aryl methyl sites for hydroxylation is 2. The van der Waals surface area contributed by atoms with Crippen molar-refractivity contribution in [2.24, 2.45) is 5.73 Å². The SMILES string of the molecule is COC(=O)c1cc(CCC(C)(C)N)oc1C. The maximum absolute atomic E-state index is 11.3. The zero-order valence-corrected chi connectivity index (χ0v) is 10.3. The zero-order valence-electron chi connectivity index (χ0n) is 10.3. The molecule has 1 aromatic heterocycles. The summed E-state index contributed by atoms with van der Waals surface area (Å²) in [7, 11) is 1.36. The summed E-state index contributed by atoms with van der Waals surface area (Å²) < 4.78 is 10.1. The highest BCUT2D eigenvalue weighted by Crippen LogP contribution is 2.18. The summed E-state index contributed by atoms with van der Waals surface area (Å²) in [6, 6.07) is 1.73. The lowest BCUT2D eigenvalue weighted by molar-refractivity contribution is 0.0599. The average molecular weight is 225 g/mol. The summed E-state index contributed by atoms with van der Waals surface area (Å²) in [5.41, 5.74) is 6.14. The molecule has 0 bridgehead atoms. The molecule has 0 radical (unpaired) electrons. The van der Waals surface area contributed by atoms with Crippen molar-refractivity contribution in [2.45, 2.75) is 39.2 Å². The molecular weight excluding hydrogens is 206 g/mol. The topological polar surface area (TPSA) is 65.5 Å². The minimum Gasteiger partial charge on any atom is -0.465 e. The average Bonchev–Trinajstić information content (AvgIpc) is 2.55. The molecule has 0 unspecified atom stereocenters. The highest BCUT2D eigenvalue weighted by atomic mass is 16.5. The Morgan fingerprint density at radius 3 is 2.69 bits per heavy atom. The third-order valence-corrected chi connectivity index (χ3v) is 2.39. The molecule has 16 heavy (non-hydrogen) atoms. The van der Waals surface area contributed by atoms with E-state index < -0.39 is 0 Å². The van der Waals surface area contributed by atoms with Crippen LogP contribution < -0.4 is 5.73 Å². The van der Waals surface area contributed by atoms with Crippen molar-refractivity contribution in [3.63, 3.8) is 0 Å². The fraction of sp³-hybridized carbons (Fsp3) is 0.583. The molecule has 0 saturated carbocycles. The van der Waals surface area contributed by atoms with Gasteiger partial charge in [-0.2, -0.15) is 0 Å². The van der Waals surface area contributed by atoms with Crippen molar-refractivity contribution in [1.29, 1.82) is 0 Å². The Balaban J connectivity index is 2.74. The van der Waals surface area contributed by atoms with Crippen LogP contribution in [0.4, 0.5) is 0 Å². The van der Waals surface area contributed by atoms with Crippen LogP contribution in [0.1, 0.15) is 42.1 Å². The molecule has 0 fully saturated rings. The van der Waals surface area contributed by atoms with Gasteiger partial charge in [0.1, 0.15) is 17.1 Å². The zero-order chi connectivity index (χ0) is 12.3. The number of hydrogen-bond acceptors (Lipinski definition) is 4. The predicted octanol–water partition coefficient (Wildman–Crippen LogP) is 2.04. The third-order valence-electron chi connectivity index (χ3n) is 2.39. The van der Waals surface area contributed by atoms with Crippen LogP contribution in [-0.4, -0.2) is 18.6 Å². The smallest absolute Gasteiger partial charge is 0.341 e. The van der Waals surface area contributed by atoms with E-state index in [2.05, 4.69) is 4.74 Å². The Bertz CT molecular complexity index is 374. The van der Waals surface area contributed by atoms with E-state index in [1.807, 2.05) is 13.8 Å². The number of carbonyl (C=O) groups is 1. The van der Waals surface area contributed by atoms with Crippen molar-refractivity contribution < 1.29 is 13.9 Å². The fourth-order valence-electron chi connectivity index (χ4n) is 1.42. The maximum Gasteiger partial charge on any atom is 0.341 e. The van der Waals surface area contributed by atoms with Gasteiger partial charge in [-0.25, -0.2) is 4.79 Å². The molecule has 0 amide bonds. The second-order valence-corrected chi connectivity index (χ2v) is 4.66. The van der Waals surface area contributed by atoms with E-state index >= 15 is 0 Å². The fourth-order valence-corrected chi connectivity index (χ4v) is 1.42. The van der Waals surface area contributed by atoms with Crippen molar-refractivity contribution in [3.8, 4) is 0 Å². The lowest BCUT2D eigenvalue weighted by atomic mass is 9.99. The van der Waals surface area contributed by atoms with Gasteiger partial charge in [0.2, 0.25) is 0 Å². The van der Waals surface area contributed by atoms with Gasteiger partial charge in [0.25, 0.3) is 0 Å². The number of furan rings is 1. The van der Waals surface area contributed by atoms with Crippen LogP contribution in [0.5, 0.6) is 0 Å². The highest BCUT2D eigenvalue weighted by molar-refractivity contribution is 5.90. The molecule has 1 heterocycles. The van der Waals surface area contributed by atoms with E-state index in [1.54, 1.807) is 13.0 Å². The van der Waals surface area contributed by atoms with Gasteiger partial charge in [-0.15, -0.1) is 0 Å². The lowest BCUT2D eigenvalue weighted by Crippen LogP contribution is -2.32. The molecule has 1 aromatic rings. The second-order valence-electron chi connectivity index (χ2n) is 4.66. The molecule has 0 spiro atoms. The number of hydrogen-bond donors (Lipinski definition) is 1. The molecule has 2 N–H and O–H groups in total. The summed E-state index contributed by atoms with van der Waals surface area (Å²) in [4.78, 5) is 11.3. The van der Waals surface area contributed by atoms with Crippen LogP contribution in [0.2, 0.25) is 0 Å². The Hall–Kier alpha value is -1.29. The lowest BCUT2D eigenvalue weighted by Gasteiger charge is -2.16. The molecule has 0 aliphatic rings. The van der Waals surface area contributed by atoms with E-state index in [0.29, 0.717) is 11.3 Å². The standard InChI is InChI=1S/C12H19NO3/c1-8-10(11(14)15-4)7-9(16-8)5-6-12(2,3)13/h7H,5-6,13H2,1-4H3.